The summed E-state index contributed by atoms with van der Waals surface area (Å²) in [6, 6.07) is 7.52. The van der Waals surface area contributed by atoms with Crippen LogP contribution >= 0.6 is 11.3 Å². The van der Waals surface area contributed by atoms with Gasteiger partial charge in [-0.1, -0.05) is 31.9 Å². The van der Waals surface area contributed by atoms with Crippen molar-refractivity contribution in [3.05, 3.63) is 49.4 Å². The molecule has 0 atom stereocenters. The predicted molar refractivity (Wildman–Crippen MR) is 132 cm³/mol. The molecule has 0 spiro atoms. The van der Waals surface area contributed by atoms with E-state index in [1.807, 2.05) is 38.1 Å². The summed E-state index contributed by atoms with van der Waals surface area (Å²) >= 11 is 1.16. The molecule has 180 valence electrons. The minimum absolute atomic E-state index is 0.124. The Morgan fingerprint density at radius 2 is 1.76 bits per heavy atom. The lowest BCUT2D eigenvalue weighted by Crippen LogP contribution is -2.40. The first-order valence-electron chi connectivity index (χ1n) is 11.5. The SMILES string of the molecule is CCCCCOc1ccc(/C=c2\s/c(=C\C(=O)OCC)n(CC(=O)N(CC)CC)c2=O)cc1. The zero-order valence-electron chi connectivity index (χ0n) is 20.0. The van der Waals surface area contributed by atoms with Crippen molar-refractivity contribution in [3.8, 4) is 5.75 Å². The van der Waals surface area contributed by atoms with Gasteiger partial charge in [-0.3, -0.25) is 14.2 Å². The van der Waals surface area contributed by atoms with Crippen LogP contribution in [0.2, 0.25) is 0 Å². The molecule has 0 N–H and O–H groups in total. The fourth-order valence-corrected chi connectivity index (χ4v) is 4.27. The van der Waals surface area contributed by atoms with Gasteiger partial charge in [-0.2, -0.15) is 0 Å². The molecule has 0 aliphatic heterocycles. The number of hydrogen-bond donors (Lipinski definition) is 0. The Labute approximate surface area is 198 Å². The Morgan fingerprint density at radius 1 is 1.06 bits per heavy atom. The van der Waals surface area contributed by atoms with Crippen LogP contribution in [0.5, 0.6) is 5.75 Å². The lowest BCUT2D eigenvalue weighted by atomic mass is 10.2. The van der Waals surface area contributed by atoms with Gasteiger partial charge < -0.3 is 14.4 Å². The minimum Gasteiger partial charge on any atom is -0.494 e. The number of carbonyl (C=O) groups excluding carboxylic acids is 2. The molecule has 1 aromatic carbocycles. The Kier molecular flexibility index (Phi) is 10.9. The summed E-state index contributed by atoms with van der Waals surface area (Å²) in [5.74, 6) is 0.0708. The van der Waals surface area contributed by atoms with E-state index in [4.69, 9.17) is 9.47 Å². The van der Waals surface area contributed by atoms with Crippen LogP contribution in [0.25, 0.3) is 12.2 Å². The molecular formula is C25H34N2O5S. The summed E-state index contributed by atoms with van der Waals surface area (Å²) < 4.78 is 12.9. The molecule has 0 aliphatic rings. The molecule has 33 heavy (non-hydrogen) atoms. The van der Waals surface area contributed by atoms with Gasteiger partial charge in [0.05, 0.1) is 23.8 Å². The highest BCUT2D eigenvalue weighted by atomic mass is 32.1. The Bertz CT molecular complexity index is 1080. The molecule has 0 saturated heterocycles. The smallest absolute Gasteiger partial charge is 0.333 e. The quantitative estimate of drug-likeness (QED) is 0.349. The topological polar surface area (TPSA) is 77.8 Å². The molecule has 8 heteroatoms. The number of amides is 1. The number of hydrogen-bond acceptors (Lipinski definition) is 6. The minimum atomic E-state index is -0.543. The average molecular weight is 475 g/mol. The predicted octanol–water partition coefficient (Wildman–Crippen LogP) is 2.52. The number of aromatic nitrogens is 1. The van der Waals surface area contributed by atoms with E-state index in [0.29, 0.717) is 28.9 Å². The molecule has 7 nitrogen and oxygen atoms in total. The van der Waals surface area contributed by atoms with Gasteiger partial charge in [-0.15, -0.1) is 11.3 Å². The molecule has 0 unspecified atom stereocenters. The molecule has 1 heterocycles. The van der Waals surface area contributed by atoms with E-state index in [1.54, 1.807) is 17.9 Å². The highest BCUT2D eigenvalue weighted by molar-refractivity contribution is 7.07. The van der Waals surface area contributed by atoms with Gasteiger partial charge >= 0.3 is 5.97 Å². The third kappa shape index (κ3) is 7.89. The summed E-state index contributed by atoms with van der Waals surface area (Å²) in [5.41, 5.74) is 0.523. The van der Waals surface area contributed by atoms with Gasteiger partial charge in [0.15, 0.2) is 0 Å². The number of benzene rings is 1. The third-order valence-corrected chi connectivity index (χ3v) is 6.13. The number of rotatable bonds is 12. The van der Waals surface area contributed by atoms with Crippen LogP contribution in [-0.2, 0) is 20.9 Å². The van der Waals surface area contributed by atoms with E-state index in [-0.39, 0.29) is 24.6 Å². The maximum absolute atomic E-state index is 13.1. The van der Waals surface area contributed by atoms with Crippen molar-refractivity contribution >= 4 is 35.4 Å². The second-order valence-electron chi connectivity index (χ2n) is 7.43. The van der Waals surface area contributed by atoms with Gasteiger partial charge in [0, 0.05) is 13.1 Å². The third-order valence-electron chi connectivity index (χ3n) is 5.07. The van der Waals surface area contributed by atoms with Crippen LogP contribution < -0.4 is 19.5 Å². The Hall–Kier alpha value is -2.87. The second-order valence-corrected chi connectivity index (χ2v) is 8.49. The molecule has 2 aromatic rings. The van der Waals surface area contributed by atoms with E-state index < -0.39 is 5.97 Å². The Morgan fingerprint density at radius 3 is 2.36 bits per heavy atom. The van der Waals surface area contributed by atoms with Gasteiger partial charge in [-0.25, -0.2) is 4.79 Å². The van der Waals surface area contributed by atoms with Crippen molar-refractivity contribution in [2.45, 2.75) is 53.5 Å². The molecule has 0 fully saturated rings. The number of ether oxygens (including phenoxy) is 2. The lowest BCUT2D eigenvalue weighted by Gasteiger charge is -2.18. The standard InChI is InChI=1S/C25H34N2O5S/c1-5-9-10-15-32-20-13-11-19(12-14-20)16-21-25(30)27(18-22(28)26(6-2)7-3)23(33-21)17-24(29)31-8-4/h11-14,16-17H,5-10,15,18H2,1-4H3/b21-16-,23-17-. The fourth-order valence-electron chi connectivity index (χ4n) is 3.24. The summed E-state index contributed by atoms with van der Waals surface area (Å²) in [4.78, 5) is 39.4. The zero-order chi connectivity index (χ0) is 24.2. The second kappa shape index (κ2) is 13.6. The summed E-state index contributed by atoms with van der Waals surface area (Å²) in [6.07, 6.45) is 6.33. The van der Waals surface area contributed by atoms with Crippen LogP contribution in [0.1, 0.15) is 52.5 Å². The normalized spacial score (nSPS) is 12.1. The first-order valence-corrected chi connectivity index (χ1v) is 12.4. The van der Waals surface area contributed by atoms with Crippen molar-refractivity contribution in [2.75, 3.05) is 26.3 Å². The highest BCUT2D eigenvalue weighted by Crippen LogP contribution is 2.13. The molecule has 0 saturated carbocycles. The molecule has 0 bridgehead atoms. The van der Waals surface area contributed by atoms with E-state index in [1.165, 1.54) is 10.6 Å². The number of carbonyl (C=O) groups is 2. The fraction of sp³-hybridized carbons (Fsp3) is 0.480. The highest BCUT2D eigenvalue weighted by Gasteiger charge is 2.14. The summed E-state index contributed by atoms with van der Waals surface area (Å²) in [5, 5.41) is 0. The molecule has 1 aromatic heterocycles. The van der Waals surface area contributed by atoms with Crippen LogP contribution in [0.15, 0.2) is 29.1 Å². The number of unbranched alkanes of at least 4 members (excludes halogenated alkanes) is 2. The molecule has 0 radical (unpaired) electrons. The molecule has 1 amide bonds. The van der Waals surface area contributed by atoms with E-state index >= 15 is 0 Å². The first kappa shape index (κ1) is 26.4. The lowest BCUT2D eigenvalue weighted by molar-refractivity contribution is -0.135. The summed E-state index contributed by atoms with van der Waals surface area (Å²) in [6.45, 7) is 9.54. The monoisotopic (exact) mass is 474 g/mol. The number of esters is 1. The van der Waals surface area contributed by atoms with Gasteiger partial charge in [0.1, 0.15) is 17.0 Å². The van der Waals surface area contributed by atoms with Crippen LogP contribution in [0, 0.1) is 0 Å². The number of nitrogens with zero attached hydrogens (tertiary/aromatic N) is 2. The van der Waals surface area contributed by atoms with Gasteiger partial charge in [0.2, 0.25) is 5.91 Å². The van der Waals surface area contributed by atoms with Gasteiger partial charge in [0.25, 0.3) is 5.56 Å². The van der Waals surface area contributed by atoms with Crippen molar-refractivity contribution in [1.82, 2.24) is 9.47 Å². The maximum Gasteiger partial charge on any atom is 0.333 e. The van der Waals surface area contributed by atoms with Gasteiger partial charge in [-0.05, 0) is 51.0 Å². The van der Waals surface area contributed by atoms with Crippen molar-refractivity contribution in [2.24, 2.45) is 0 Å². The number of thiazole rings is 1. The average Bonchev–Trinajstić information content (AvgIpc) is 3.07. The molecular weight excluding hydrogens is 440 g/mol. The maximum atomic E-state index is 13.1. The van der Waals surface area contributed by atoms with Crippen molar-refractivity contribution in [3.63, 3.8) is 0 Å². The number of likely N-dealkylation sites (N-methyl/N-ethyl adjacent to an activating group) is 1. The first-order chi connectivity index (χ1) is 15.9. The van der Waals surface area contributed by atoms with Crippen LogP contribution in [0.3, 0.4) is 0 Å². The van der Waals surface area contributed by atoms with Crippen molar-refractivity contribution in [1.29, 1.82) is 0 Å². The molecule has 0 aliphatic carbocycles. The van der Waals surface area contributed by atoms with E-state index in [0.717, 1.165) is 41.9 Å². The van der Waals surface area contributed by atoms with E-state index in [2.05, 4.69) is 6.92 Å². The Balaban J connectivity index is 2.38. The zero-order valence-corrected chi connectivity index (χ0v) is 20.8. The van der Waals surface area contributed by atoms with E-state index in [9.17, 15) is 14.4 Å². The molecule has 2 rings (SSSR count). The van der Waals surface area contributed by atoms with Crippen molar-refractivity contribution < 1.29 is 19.1 Å². The van der Waals surface area contributed by atoms with Crippen LogP contribution in [-0.4, -0.2) is 47.6 Å². The van der Waals surface area contributed by atoms with Crippen LogP contribution in [0.4, 0.5) is 0 Å². The largest absolute Gasteiger partial charge is 0.494 e. The summed E-state index contributed by atoms with van der Waals surface area (Å²) in [7, 11) is 0.